The van der Waals surface area contributed by atoms with Gasteiger partial charge in [-0.3, -0.25) is 0 Å². The monoisotopic (exact) mass is 222 g/mol. The minimum absolute atomic E-state index is 0.184. The SMILES string of the molecule is O=C(O)c1cccc(-n2[nH]nnc2=S)c1. The van der Waals surface area contributed by atoms with Crippen molar-refractivity contribution in [1.29, 1.82) is 0 Å². The Morgan fingerprint density at radius 3 is 2.93 bits per heavy atom. The number of H-pyrrole nitrogens is 1. The Bertz CT molecular complexity index is 560. The highest BCUT2D eigenvalue weighted by Crippen LogP contribution is 2.09. The summed E-state index contributed by atoms with van der Waals surface area (Å²) < 4.78 is 1.67. The molecule has 0 bridgehead atoms. The summed E-state index contributed by atoms with van der Waals surface area (Å²) in [6.07, 6.45) is 0. The van der Waals surface area contributed by atoms with Crippen molar-refractivity contribution in [2.24, 2.45) is 0 Å². The molecule has 2 N–H and O–H groups in total. The van der Waals surface area contributed by atoms with Gasteiger partial charge in [0.1, 0.15) is 0 Å². The number of carboxylic acid groups (broad SMARTS) is 1. The van der Waals surface area contributed by atoms with Gasteiger partial charge in [0.15, 0.2) is 0 Å². The number of aromatic nitrogens is 4. The van der Waals surface area contributed by atoms with Gasteiger partial charge >= 0.3 is 5.97 Å². The smallest absolute Gasteiger partial charge is 0.335 e. The molecule has 0 unspecified atom stereocenters. The second-order valence-corrected chi connectivity index (χ2v) is 3.14. The van der Waals surface area contributed by atoms with Crippen molar-refractivity contribution >= 4 is 18.2 Å². The fraction of sp³-hybridized carbons (Fsp3) is 0. The van der Waals surface area contributed by atoms with Gasteiger partial charge in [0.05, 0.1) is 11.3 Å². The fourth-order valence-corrected chi connectivity index (χ4v) is 1.33. The molecule has 2 aromatic rings. The van der Waals surface area contributed by atoms with Gasteiger partial charge in [-0.05, 0) is 30.4 Å². The molecule has 0 radical (unpaired) electrons. The van der Waals surface area contributed by atoms with Gasteiger partial charge in [-0.15, -0.1) is 0 Å². The third kappa shape index (κ3) is 1.77. The van der Waals surface area contributed by atoms with Gasteiger partial charge < -0.3 is 5.11 Å². The minimum Gasteiger partial charge on any atom is -0.478 e. The van der Waals surface area contributed by atoms with E-state index in [1.807, 2.05) is 0 Å². The van der Waals surface area contributed by atoms with Crippen LogP contribution < -0.4 is 0 Å². The van der Waals surface area contributed by atoms with Crippen LogP contribution >= 0.6 is 12.2 Å². The van der Waals surface area contributed by atoms with E-state index in [0.29, 0.717) is 5.69 Å². The molecule has 0 aliphatic rings. The van der Waals surface area contributed by atoms with E-state index in [0.717, 1.165) is 0 Å². The first kappa shape index (κ1) is 9.53. The number of aromatic amines is 1. The molecule has 2 rings (SSSR count). The van der Waals surface area contributed by atoms with Crippen LogP contribution in [-0.2, 0) is 0 Å². The molecule has 0 amide bonds. The van der Waals surface area contributed by atoms with Crippen molar-refractivity contribution < 1.29 is 9.90 Å². The van der Waals surface area contributed by atoms with Gasteiger partial charge in [-0.2, -0.15) is 5.21 Å². The van der Waals surface area contributed by atoms with E-state index >= 15 is 0 Å². The molecule has 0 spiro atoms. The number of nitrogens with one attached hydrogen (secondary N) is 1. The third-order valence-corrected chi connectivity index (χ3v) is 2.09. The molecule has 0 aliphatic heterocycles. The first-order valence-corrected chi connectivity index (χ1v) is 4.43. The lowest BCUT2D eigenvalue weighted by Crippen LogP contribution is -2.01. The van der Waals surface area contributed by atoms with Gasteiger partial charge in [-0.25, -0.2) is 9.48 Å². The lowest BCUT2D eigenvalue weighted by molar-refractivity contribution is 0.0697. The number of hydrogen-bond donors (Lipinski definition) is 2. The summed E-state index contributed by atoms with van der Waals surface area (Å²) in [5.74, 6) is -0.990. The Morgan fingerprint density at radius 1 is 1.53 bits per heavy atom. The Balaban J connectivity index is 2.55. The van der Waals surface area contributed by atoms with Gasteiger partial charge in [0.25, 0.3) is 0 Å². The van der Waals surface area contributed by atoms with Crippen molar-refractivity contribution in [1.82, 2.24) is 20.2 Å². The Morgan fingerprint density at radius 2 is 2.33 bits per heavy atom. The fourth-order valence-electron chi connectivity index (χ4n) is 1.14. The average molecular weight is 222 g/mol. The number of nitrogens with zero attached hydrogens (tertiary/aromatic N) is 3. The molecule has 6 nitrogen and oxygen atoms in total. The molecule has 0 fully saturated rings. The standard InChI is InChI=1S/C8H6N4O2S/c13-7(14)5-2-1-3-6(4-5)12-8(15)9-10-11-12/h1-4H,(H,13,14)(H,9,11,15). The van der Waals surface area contributed by atoms with E-state index in [-0.39, 0.29) is 10.3 Å². The predicted molar refractivity (Wildman–Crippen MR) is 53.5 cm³/mol. The van der Waals surface area contributed by atoms with E-state index in [1.165, 1.54) is 16.8 Å². The summed E-state index contributed by atoms with van der Waals surface area (Å²) in [6, 6.07) is 6.32. The summed E-state index contributed by atoms with van der Waals surface area (Å²) in [7, 11) is 0. The molecule has 0 saturated carbocycles. The topological polar surface area (TPSA) is 83.8 Å². The molecule has 1 aromatic carbocycles. The second-order valence-electron chi connectivity index (χ2n) is 2.77. The number of carbonyl (C=O) groups is 1. The number of hydrogen-bond acceptors (Lipinski definition) is 4. The molecular formula is C8H6N4O2S. The minimum atomic E-state index is -0.990. The molecule has 1 heterocycles. The summed E-state index contributed by atoms with van der Waals surface area (Å²) in [6.45, 7) is 0. The van der Waals surface area contributed by atoms with Crippen molar-refractivity contribution in [2.45, 2.75) is 0 Å². The van der Waals surface area contributed by atoms with Crippen molar-refractivity contribution in [3.05, 3.63) is 34.6 Å². The Kier molecular flexibility index (Phi) is 2.30. The van der Waals surface area contributed by atoms with Gasteiger partial charge in [0.2, 0.25) is 4.77 Å². The van der Waals surface area contributed by atoms with E-state index in [2.05, 4.69) is 15.5 Å². The highest BCUT2D eigenvalue weighted by Gasteiger charge is 2.05. The summed E-state index contributed by atoms with van der Waals surface area (Å²) >= 11 is 4.89. The van der Waals surface area contributed by atoms with E-state index < -0.39 is 5.97 Å². The van der Waals surface area contributed by atoms with Crippen LogP contribution in [0.15, 0.2) is 24.3 Å². The molecule has 7 heteroatoms. The van der Waals surface area contributed by atoms with Crippen LogP contribution in [0.3, 0.4) is 0 Å². The van der Waals surface area contributed by atoms with E-state index in [4.69, 9.17) is 17.3 Å². The van der Waals surface area contributed by atoms with Crippen LogP contribution in [0, 0.1) is 4.77 Å². The van der Waals surface area contributed by atoms with E-state index in [1.54, 1.807) is 12.1 Å². The molecule has 15 heavy (non-hydrogen) atoms. The Hall–Kier alpha value is -2.02. The molecule has 0 saturated heterocycles. The number of benzene rings is 1. The number of carboxylic acids is 1. The zero-order valence-electron chi connectivity index (χ0n) is 7.41. The van der Waals surface area contributed by atoms with Gasteiger partial charge in [0, 0.05) is 0 Å². The number of tetrazole rings is 1. The third-order valence-electron chi connectivity index (χ3n) is 1.82. The summed E-state index contributed by atoms with van der Waals surface area (Å²) in [4.78, 5) is 10.7. The first-order valence-electron chi connectivity index (χ1n) is 4.02. The highest BCUT2D eigenvalue weighted by molar-refractivity contribution is 7.71. The maximum absolute atomic E-state index is 10.7. The molecule has 0 atom stereocenters. The molecular weight excluding hydrogens is 216 g/mol. The predicted octanol–water partition coefficient (Wildman–Crippen LogP) is 1.02. The zero-order valence-corrected chi connectivity index (χ0v) is 8.23. The lowest BCUT2D eigenvalue weighted by atomic mass is 10.2. The second kappa shape index (κ2) is 3.62. The van der Waals surface area contributed by atoms with Crippen molar-refractivity contribution in [3.8, 4) is 5.69 Å². The summed E-state index contributed by atoms with van der Waals surface area (Å²) in [5.41, 5.74) is 0.772. The zero-order chi connectivity index (χ0) is 10.8. The highest BCUT2D eigenvalue weighted by atomic mass is 32.1. The maximum Gasteiger partial charge on any atom is 0.335 e. The van der Waals surface area contributed by atoms with E-state index in [9.17, 15) is 4.79 Å². The van der Waals surface area contributed by atoms with Crippen LogP contribution in [0.2, 0.25) is 0 Å². The van der Waals surface area contributed by atoms with Crippen LogP contribution in [0.25, 0.3) is 5.69 Å². The van der Waals surface area contributed by atoms with Crippen molar-refractivity contribution in [2.75, 3.05) is 0 Å². The molecule has 1 aromatic heterocycles. The molecule has 0 aliphatic carbocycles. The maximum atomic E-state index is 10.7. The Labute approximate surface area is 89.2 Å². The first-order chi connectivity index (χ1) is 7.18. The van der Waals surface area contributed by atoms with Crippen LogP contribution in [0.4, 0.5) is 0 Å². The number of aromatic carboxylic acids is 1. The van der Waals surface area contributed by atoms with Crippen LogP contribution in [0.5, 0.6) is 0 Å². The normalized spacial score (nSPS) is 10.1. The lowest BCUT2D eigenvalue weighted by Gasteiger charge is -2.01. The number of rotatable bonds is 2. The van der Waals surface area contributed by atoms with Crippen molar-refractivity contribution in [3.63, 3.8) is 0 Å². The quantitative estimate of drug-likeness (QED) is 0.741. The summed E-state index contributed by atoms with van der Waals surface area (Å²) in [5, 5.41) is 18.4. The van der Waals surface area contributed by atoms with Gasteiger partial charge in [-0.1, -0.05) is 16.4 Å². The molecule has 76 valence electrons. The largest absolute Gasteiger partial charge is 0.478 e. The van der Waals surface area contributed by atoms with Crippen LogP contribution in [-0.4, -0.2) is 31.3 Å². The van der Waals surface area contributed by atoms with Crippen LogP contribution in [0.1, 0.15) is 10.4 Å². The average Bonchev–Trinajstić information content (AvgIpc) is 2.64.